The highest BCUT2D eigenvalue weighted by molar-refractivity contribution is 6.04. The molecular weight excluding hydrogens is 345 g/mol. The summed E-state index contributed by atoms with van der Waals surface area (Å²) in [5.41, 5.74) is 2.84. The Kier molecular flexibility index (Phi) is 4.98. The Morgan fingerprint density at radius 2 is 2.00 bits per heavy atom. The average molecular weight is 371 g/mol. The lowest BCUT2D eigenvalue weighted by Gasteiger charge is -2.39. The van der Waals surface area contributed by atoms with Crippen molar-refractivity contribution in [2.45, 2.75) is 59.5 Å². The van der Waals surface area contributed by atoms with Crippen molar-refractivity contribution in [2.24, 2.45) is 5.41 Å². The first-order valence-electron chi connectivity index (χ1n) is 9.29. The maximum atomic E-state index is 14.0. The predicted octanol–water partition coefficient (Wildman–Crippen LogP) is 4.38. The van der Waals surface area contributed by atoms with Crippen molar-refractivity contribution in [1.82, 2.24) is 5.32 Å². The van der Waals surface area contributed by atoms with E-state index in [1.807, 2.05) is 0 Å². The third-order valence-corrected chi connectivity index (χ3v) is 4.98. The van der Waals surface area contributed by atoms with Crippen LogP contribution < -0.4 is 5.32 Å². The first-order chi connectivity index (χ1) is 12.6. The van der Waals surface area contributed by atoms with Gasteiger partial charge in [0.05, 0.1) is 11.7 Å². The number of halogens is 1. The molecule has 27 heavy (non-hydrogen) atoms. The molecule has 4 nitrogen and oxygen atoms in total. The van der Waals surface area contributed by atoms with Crippen molar-refractivity contribution in [3.8, 4) is 0 Å². The highest BCUT2D eigenvalue weighted by Crippen LogP contribution is 2.46. The molecule has 144 valence electrons. The molecule has 0 saturated carbocycles. The van der Waals surface area contributed by atoms with Crippen LogP contribution in [0, 0.1) is 11.2 Å². The molecule has 2 aliphatic rings. The Hall–Kier alpha value is -2.43. The molecule has 1 atom stereocenters. The van der Waals surface area contributed by atoms with Crippen LogP contribution in [0.25, 0.3) is 0 Å². The van der Waals surface area contributed by atoms with Crippen LogP contribution in [0.3, 0.4) is 0 Å². The monoisotopic (exact) mass is 371 g/mol. The molecule has 0 spiro atoms. The topological polar surface area (TPSA) is 55.4 Å². The van der Waals surface area contributed by atoms with Crippen LogP contribution in [0.15, 0.2) is 46.8 Å². The highest BCUT2D eigenvalue weighted by Gasteiger charge is 2.43. The van der Waals surface area contributed by atoms with Gasteiger partial charge in [-0.1, -0.05) is 26.0 Å². The van der Waals surface area contributed by atoms with Gasteiger partial charge in [0, 0.05) is 29.3 Å². The molecule has 0 fully saturated rings. The molecule has 1 heterocycles. The number of dihydropyridines is 1. The number of esters is 1. The molecule has 0 bridgehead atoms. The van der Waals surface area contributed by atoms with E-state index in [4.69, 9.17) is 4.74 Å². The number of carbonyl (C=O) groups is 2. The average Bonchev–Trinajstić information content (AvgIpc) is 2.51. The second-order valence-corrected chi connectivity index (χ2v) is 8.44. The van der Waals surface area contributed by atoms with E-state index in [1.165, 1.54) is 12.1 Å². The lowest BCUT2D eigenvalue weighted by atomic mass is 9.68. The smallest absolute Gasteiger partial charge is 0.337 e. The zero-order valence-corrected chi connectivity index (χ0v) is 16.5. The van der Waals surface area contributed by atoms with E-state index >= 15 is 0 Å². The van der Waals surface area contributed by atoms with Crippen molar-refractivity contribution in [3.63, 3.8) is 0 Å². The summed E-state index contributed by atoms with van der Waals surface area (Å²) in [6, 6.07) is 6.11. The summed E-state index contributed by atoms with van der Waals surface area (Å²) >= 11 is 0. The number of benzene rings is 1. The predicted molar refractivity (Wildman–Crippen MR) is 101 cm³/mol. The lowest BCUT2D eigenvalue weighted by Crippen LogP contribution is -2.39. The Morgan fingerprint density at radius 3 is 2.63 bits per heavy atom. The fraction of sp³-hybridized carbons (Fsp3) is 0.455. The lowest BCUT2D eigenvalue weighted by molar-refractivity contribution is -0.143. The van der Waals surface area contributed by atoms with Crippen molar-refractivity contribution in [2.75, 3.05) is 0 Å². The number of hydrogen-bond donors (Lipinski definition) is 1. The van der Waals surface area contributed by atoms with Gasteiger partial charge in [0.1, 0.15) is 5.82 Å². The quantitative estimate of drug-likeness (QED) is 0.801. The number of ether oxygens (including phenoxy) is 1. The number of ketones is 1. The number of Topliss-reactive ketones (excluding diaryl/α,β-unsaturated/α-hetero) is 1. The van der Waals surface area contributed by atoms with Crippen molar-refractivity contribution in [3.05, 3.63) is 58.2 Å². The Bertz CT molecular complexity index is 864. The molecule has 1 aromatic carbocycles. The molecule has 0 saturated heterocycles. The summed E-state index contributed by atoms with van der Waals surface area (Å²) in [7, 11) is 0. The summed E-state index contributed by atoms with van der Waals surface area (Å²) in [5, 5.41) is 3.27. The third-order valence-electron chi connectivity index (χ3n) is 4.98. The van der Waals surface area contributed by atoms with Gasteiger partial charge in [-0.25, -0.2) is 9.18 Å². The maximum Gasteiger partial charge on any atom is 0.337 e. The summed E-state index contributed by atoms with van der Waals surface area (Å²) < 4.78 is 19.4. The number of nitrogens with one attached hydrogen (secondary N) is 1. The van der Waals surface area contributed by atoms with Gasteiger partial charge in [-0.15, -0.1) is 0 Å². The Balaban J connectivity index is 2.17. The van der Waals surface area contributed by atoms with Crippen LogP contribution in [0.5, 0.6) is 0 Å². The number of carbonyl (C=O) groups excluding carboxylic acids is 2. The van der Waals surface area contributed by atoms with Crippen LogP contribution in [0.1, 0.15) is 58.9 Å². The van der Waals surface area contributed by atoms with Crippen LogP contribution >= 0.6 is 0 Å². The van der Waals surface area contributed by atoms with Gasteiger partial charge in [-0.3, -0.25) is 4.79 Å². The van der Waals surface area contributed by atoms with Gasteiger partial charge >= 0.3 is 5.97 Å². The summed E-state index contributed by atoms with van der Waals surface area (Å²) in [5.74, 6) is -1.50. The molecule has 0 unspecified atom stereocenters. The summed E-state index contributed by atoms with van der Waals surface area (Å²) in [4.78, 5) is 25.9. The van der Waals surface area contributed by atoms with E-state index in [-0.39, 0.29) is 17.3 Å². The normalized spacial score (nSPS) is 21.9. The zero-order chi connectivity index (χ0) is 19.9. The molecule has 1 aliphatic carbocycles. The number of allylic oxidation sites excluding steroid dienone is 3. The van der Waals surface area contributed by atoms with Gasteiger partial charge in [-0.05, 0) is 50.3 Å². The van der Waals surface area contributed by atoms with E-state index < -0.39 is 17.7 Å². The van der Waals surface area contributed by atoms with E-state index in [0.717, 1.165) is 5.70 Å². The standard InChI is InChI=1S/C22H26FNO3/c1-12(2)27-21(26)18-13(3)24-16-10-22(4,5)11-17(25)20(16)19(18)14-7-6-8-15(23)9-14/h6-9,12,19,24H,10-11H2,1-5H3/t19-/m0/s1. The van der Waals surface area contributed by atoms with Crippen molar-refractivity contribution >= 4 is 11.8 Å². The van der Waals surface area contributed by atoms with Crippen LogP contribution in [0.4, 0.5) is 4.39 Å². The van der Waals surface area contributed by atoms with Crippen molar-refractivity contribution in [1.29, 1.82) is 0 Å². The van der Waals surface area contributed by atoms with Gasteiger partial charge in [-0.2, -0.15) is 0 Å². The molecule has 1 aromatic rings. The van der Waals surface area contributed by atoms with Gasteiger partial charge < -0.3 is 10.1 Å². The van der Waals surface area contributed by atoms with Gasteiger partial charge in [0.2, 0.25) is 0 Å². The molecule has 1 aliphatic heterocycles. The summed E-state index contributed by atoms with van der Waals surface area (Å²) in [6.45, 7) is 9.46. The third kappa shape index (κ3) is 3.82. The molecular formula is C22H26FNO3. The maximum absolute atomic E-state index is 14.0. The minimum atomic E-state index is -0.619. The largest absolute Gasteiger partial charge is 0.460 e. The van der Waals surface area contributed by atoms with Gasteiger partial charge in [0.25, 0.3) is 0 Å². The van der Waals surface area contributed by atoms with Crippen LogP contribution in [-0.4, -0.2) is 17.9 Å². The highest BCUT2D eigenvalue weighted by atomic mass is 19.1. The Morgan fingerprint density at radius 1 is 1.30 bits per heavy atom. The molecule has 0 amide bonds. The molecule has 3 rings (SSSR count). The first-order valence-corrected chi connectivity index (χ1v) is 9.29. The van der Waals surface area contributed by atoms with E-state index in [9.17, 15) is 14.0 Å². The van der Waals surface area contributed by atoms with Crippen molar-refractivity contribution < 1.29 is 18.7 Å². The SMILES string of the molecule is CC1=C(C(=O)OC(C)C)[C@H](c2cccc(F)c2)C2=C(CC(C)(C)CC2=O)N1. The molecule has 0 aromatic heterocycles. The number of rotatable bonds is 3. The van der Waals surface area contributed by atoms with Gasteiger partial charge in [0.15, 0.2) is 5.78 Å². The molecule has 5 heteroatoms. The minimum Gasteiger partial charge on any atom is -0.460 e. The van der Waals surface area contributed by atoms with Crippen LogP contribution in [0.2, 0.25) is 0 Å². The Labute approximate surface area is 159 Å². The van der Waals surface area contributed by atoms with E-state index in [1.54, 1.807) is 32.9 Å². The fourth-order valence-corrected chi connectivity index (χ4v) is 4.00. The summed E-state index contributed by atoms with van der Waals surface area (Å²) in [6.07, 6.45) is 0.802. The zero-order valence-electron chi connectivity index (χ0n) is 16.5. The number of hydrogen-bond acceptors (Lipinski definition) is 4. The second-order valence-electron chi connectivity index (χ2n) is 8.44. The van der Waals surface area contributed by atoms with E-state index in [0.29, 0.717) is 35.2 Å². The minimum absolute atomic E-state index is 0.00893. The second kappa shape index (κ2) is 6.95. The van der Waals surface area contributed by atoms with E-state index in [2.05, 4.69) is 19.2 Å². The molecule has 1 N–H and O–H groups in total. The fourth-order valence-electron chi connectivity index (χ4n) is 4.00. The van der Waals surface area contributed by atoms with Crippen LogP contribution in [-0.2, 0) is 14.3 Å². The molecule has 0 radical (unpaired) electrons. The first kappa shape index (κ1) is 19.3.